The normalized spacial score (nSPS) is 17.7. The number of likely N-dealkylation sites (tertiary alicyclic amines) is 1. The van der Waals surface area contributed by atoms with Gasteiger partial charge in [-0.2, -0.15) is 0 Å². The number of hydrogen-bond acceptors (Lipinski definition) is 3. The monoisotopic (exact) mass is 325 g/mol. The standard InChI is InChI=1S/C18H39N5/c1-5-8-13-22(4)16-11-20-18(19-7-3)21-17-9-14-23(12-6-2)15-10-17/h17H,5-16H2,1-4H3,(H2,19,20,21). The average Bonchev–Trinajstić information content (AvgIpc) is 2.55. The topological polar surface area (TPSA) is 42.9 Å². The SMILES string of the molecule is CCCCN(C)CCN=C(NCC)NC1CCN(CCC)CC1. The molecular formula is C18H39N5. The molecule has 0 unspecified atom stereocenters. The molecule has 1 saturated heterocycles. The van der Waals surface area contributed by atoms with Gasteiger partial charge in [0.1, 0.15) is 0 Å². The van der Waals surface area contributed by atoms with Crippen LogP contribution in [0.5, 0.6) is 0 Å². The van der Waals surface area contributed by atoms with Crippen molar-refractivity contribution in [3.63, 3.8) is 0 Å². The van der Waals surface area contributed by atoms with E-state index >= 15 is 0 Å². The van der Waals surface area contributed by atoms with Gasteiger partial charge in [-0.05, 0) is 52.7 Å². The second kappa shape index (κ2) is 12.6. The molecule has 1 fully saturated rings. The van der Waals surface area contributed by atoms with Crippen molar-refractivity contribution in [2.75, 3.05) is 52.9 Å². The second-order valence-electron chi connectivity index (χ2n) is 6.68. The van der Waals surface area contributed by atoms with Crippen molar-refractivity contribution in [2.24, 2.45) is 4.99 Å². The Hall–Kier alpha value is -0.810. The van der Waals surface area contributed by atoms with Crippen molar-refractivity contribution in [1.29, 1.82) is 0 Å². The third-order valence-electron chi connectivity index (χ3n) is 4.46. The maximum absolute atomic E-state index is 4.75. The molecule has 0 spiro atoms. The Balaban J connectivity index is 2.32. The van der Waals surface area contributed by atoms with E-state index < -0.39 is 0 Å². The van der Waals surface area contributed by atoms with E-state index in [1.165, 1.54) is 58.3 Å². The molecule has 1 aliphatic rings. The van der Waals surface area contributed by atoms with Crippen molar-refractivity contribution in [3.8, 4) is 0 Å². The smallest absolute Gasteiger partial charge is 0.191 e. The second-order valence-corrected chi connectivity index (χ2v) is 6.68. The lowest BCUT2D eigenvalue weighted by Crippen LogP contribution is -2.49. The maximum atomic E-state index is 4.75. The molecule has 23 heavy (non-hydrogen) atoms. The number of nitrogens with zero attached hydrogens (tertiary/aromatic N) is 3. The van der Waals surface area contributed by atoms with Crippen molar-refractivity contribution >= 4 is 5.96 Å². The van der Waals surface area contributed by atoms with Crippen LogP contribution in [-0.4, -0.2) is 74.7 Å². The summed E-state index contributed by atoms with van der Waals surface area (Å²) in [6.45, 7) is 14.3. The summed E-state index contributed by atoms with van der Waals surface area (Å²) in [7, 11) is 2.19. The highest BCUT2D eigenvalue weighted by atomic mass is 15.2. The zero-order valence-corrected chi connectivity index (χ0v) is 15.9. The van der Waals surface area contributed by atoms with Gasteiger partial charge in [0.25, 0.3) is 0 Å². The minimum atomic E-state index is 0.568. The van der Waals surface area contributed by atoms with E-state index in [1.807, 2.05) is 0 Å². The van der Waals surface area contributed by atoms with E-state index in [2.05, 4.69) is 48.3 Å². The number of likely N-dealkylation sites (N-methyl/N-ethyl adjacent to an activating group) is 1. The molecule has 0 aromatic heterocycles. The predicted octanol–water partition coefficient (Wildman–Crippen LogP) is 2.15. The van der Waals surface area contributed by atoms with Crippen LogP contribution in [-0.2, 0) is 0 Å². The lowest BCUT2D eigenvalue weighted by Gasteiger charge is -2.32. The van der Waals surface area contributed by atoms with E-state index in [1.54, 1.807) is 0 Å². The Kier molecular flexibility index (Phi) is 11.1. The van der Waals surface area contributed by atoms with Crippen molar-refractivity contribution in [1.82, 2.24) is 20.4 Å². The molecule has 136 valence electrons. The van der Waals surface area contributed by atoms with Gasteiger partial charge in [0.2, 0.25) is 0 Å². The number of nitrogens with one attached hydrogen (secondary N) is 2. The Morgan fingerprint density at radius 2 is 1.87 bits per heavy atom. The quantitative estimate of drug-likeness (QED) is 0.477. The molecule has 5 nitrogen and oxygen atoms in total. The predicted molar refractivity (Wildman–Crippen MR) is 101 cm³/mol. The molecule has 0 amide bonds. The molecule has 0 aliphatic carbocycles. The Labute approximate surface area is 143 Å². The first-order valence-electron chi connectivity index (χ1n) is 9.65. The van der Waals surface area contributed by atoms with Crippen molar-refractivity contribution in [2.45, 2.75) is 58.9 Å². The van der Waals surface area contributed by atoms with E-state index in [-0.39, 0.29) is 0 Å². The summed E-state index contributed by atoms with van der Waals surface area (Å²) in [4.78, 5) is 9.70. The van der Waals surface area contributed by atoms with Crippen LogP contribution in [0.25, 0.3) is 0 Å². The molecular weight excluding hydrogens is 286 g/mol. The molecule has 1 heterocycles. The van der Waals surface area contributed by atoms with Gasteiger partial charge in [0, 0.05) is 32.2 Å². The van der Waals surface area contributed by atoms with Crippen molar-refractivity contribution in [3.05, 3.63) is 0 Å². The highest BCUT2D eigenvalue weighted by Gasteiger charge is 2.19. The number of piperidine rings is 1. The van der Waals surface area contributed by atoms with E-state index in [9.17, 15) is 0 Å². The molecule has 0 atom stereocenters. The summed E-state index contributed by atoms with van der Waals surface area (Å²) in [5.41, 5.74) is 0. The van der Waals surface area contributed by atoms with Gasteiger partial charge >= 0.3 is 0 Å². The van der Waals surface area contributed by atoms with Crippen LogP contribution in [0.3, 0.4) is 0 Å². The van der Waals surface area contributed by atoms with Gasteiger partial charge in [-0.1, -0.05) is 20.3 Å². The summed E-state index contributed by atoms with van der Waals surface area (Å²) in [6.07, 6.45) is 6.23. The third-order valence-corrected chi connectivity index (χ3v) is 4.46. The summed E-state index contributed by atoms with van der Waals surface area (Å²) < 4.78 is 0. The van der Waals surface area contributed by atoms with Gasteiger partial charge in [-0.25, -0.2) is 0 Å². The third kappa shape index (κ3) is 9.16. The summed E-state index contributed by atoms with van der Waals surface area (Å²) in [5.74, 6) is 0.991. The Morgan fingerprint density at radius 1 is 1.13 bits per heavy atom. The number of aliphatic imine (C=N–C) groups is 1. The molecule has 1 aliphatic heterocycles. The van der Waals surface area contributed by atoms with Gasteiger partial charge in [0.15, 0.2) is 5.96 Å². The van der Waals surface area contributed by atoms with Crippen LogP contribution >= 0.6 is 0 Å². The fourth-order valence-electron chi connectivity index (χ4n) is 3.00. The first-order valence-corrected chi connectivity index (χ1v) is 9.65. The molecule has 0 radical (unpaired) electrons. The number of hydrogen-bond donors (Lipinski definition) is 2. The molecule has 5 heteroatoms. The molecule has 1 rings (SSSR count). The lowest BCUT2D eigenvalue weighted by atomic mass is 10.1. The first kappa shape index (κ1) is 20.2. The zero-order chi connectivity index (χ0) is 16.9. The number of guanidine groups is 1. The van der Waals surface area contributed by atoms with E-state index in [4.69, 9.17) is 4.99 Å². The average molecular weight is 326 g/mol. The molecule has 0 saturated carbocycles. The van der Waals surface area contributed by atoms with Crippen LogP contribution in [0.4, 0.5) is 0 Å². The highest BCUT2D eigenvalue weighted by Crippen LogP contribution is 2.10. The Morgan fingerprint density at radius 3 is 2.48 bits per heavy atom. The fourth-order valence-corrected chi connectivity index (χ4v) is 3.00. The molecule has 0 aromatic carbocycles. The number of unbranched alkanes of at least 4 members (excludes halogenated alkanes) is 1. The minimum Gasteiger partial charge on any atom is -0.357 e. The Bertz CT molecular complexity index is 311. The van der Waals surface area contributed by atoms with Crippen LogP contribution in [0.2, 0.25) is 0 Å². The van der Waals surface area contributed by atoms with Crippen LogP contribution in [0.1, 0.15) is 52.9 Å². The zero-order valence-electron chi connectivity index (χ0n) is 15.9. The van der Waals surface area contributed by atoms with Gasteiger partial charge in [0.05, 0.1) is 6.54 Å². The highest BCUT2D eigenvalue weighted by molar-refractivity contribution is 5.80. The number of rotatable bonds is 10. The molecule has 0 aromatic rings. The summed E-state index contributed by atoms with van der Waals surface area (Å²) >= 11 is 0. The van der Waals surface area contributed by atoms with E-state index in [0.717, 1.165) is 25.6 Å². The van der Waals surface area contributed by atoms with Gasteiger partial charge in [-0.15, -0.1) is 0 Å². The van der Waals surface area contributed by atoms with Crippen LogP contribution in [0.15, 0.2) is 4.99 Å². The minimum absolute atomic E-state index is 0.568. The van der Waals surface area contributed by atoms with Crippen molar-refractivity contribution < 1.29 is 0 Å². The van der Waals surface area contributed by atoms with Crippen LogP contribution < -0.4 is 10.6 Å². The first-order chi connectivity index (χ1) is 11.2. The molecule has 0 bridgehead atoms. The summed E-state index contributed by atoms with van der Waals surface area (Å²) in [6, 6.07) is 0.568. The fraction of sp³-hybridized carbons (Fsp3) is 0.944. The lowest BCUT2D eigenvalue weighted by molar-refractivity contribution is 0.206. The largest absolute Gasteiger partial charge is 0.357 e. The molecule has 2 N–H and O–H groups in total. The van der Waals surface area contributed by atoms with E-state index in [0.29, 0.717) is 6.04 Å². The maximum Gasteiger partial charge on any atom is 0.191 e. The van der Waals surface area contributed by atoms with Gasteiger partial charge < -0.3 is 20.4 Å². The van der Waals surface area contributed by atoms with Gasteiger partial charge in [-0.3, -0.25) is 4.99 Å². The summed E-state index contributed by atoms with van der Waals surface area (Å²) in [5, 5.41) is 7.02. The van der Waals surface area contributed by atoms with Crippen LogP contribution in [0, 0.1) is 0 Å².